The second-order valence-electron chi connectivity index (χ2n) is 7.21. The average Bonchev–Trinajstić information content (AvgIpc) is 3.13. The molecule has 0 radical (unpaired) electrons. The molecule has 1 aliphatic heterocycles. The number of rotatable bonds is 6. The van der Waals surface area contributed by atoms with Crippen molar-refractivity contribution in [2.24, 2.45) is 5.92 Å². The third-order valence-electron chi connectivity index (χ3n) is 5.63. The number of aliphatic carboxylic acids is 1. The Bertz CT molecular complexity index is 681. The summed E-state index contributed by atoms with van der Waals surface area (Å²) < 4.78 is 10.7. The molecule has 0 unspecified atom stereocenters. The van der Waals surface area contributed by atoms with Gasteiger partial charge in [-0.3, -0.25) is 9.59 Å². The van der Waals surface area contributed by atoms with Crippen molar-refractivity contribution >= 4 is 11.9 Å². The first-order valence-corrected chi connectivity index (χ1v) is 9.29. The smallest absolute Gasteiger partial charge is 0.305 e. The number of carboxylic acids is 1. The molecule has 1 aromatic rings. The molecule has 1 saturated carbocycles. The number of hydrogen-bond acceptors (Lipinski definition) is 4. The highest BCUT2D eigenvalue weighted by Gasteiger charge is 2.34. The molecular formula is C20H27NO5. The molecular weight excluding hydrogens is 334 g/mol. The first-order valence-electron chi connectivity index (χ1n) is 9.29. The van der Waals surface area contributed by atoms with Gasteiger partial charge in [-0.05, 0) is 48.4 Å². The lowest BCUT2D eigenvalue weighted by Gasteiger charge is -2.37. The predicted molar refractivity (Wildman–Crippen MR) is 96.5 cm³/mol. The molecule has 142 valence electrons. The van der Waals surface area contributed by atoms with Crippen molar-refractivity contribution in [1.29, 1.82) is 0 Å². The third kappa shape index (κ3) is 3.79. The molecule has 1 fully saturated rings. The molecule has 3 rings (SSSR count). The van der Waals surface area contributed by atoms with E-state index in [1.165, 1.54) is 12.8 Å². The largest absolute Gasteiger partial charge is 0.493 e. The first-order chi connectivity index (χ1) is 12.5. The van der Waals surface area contributed by atoms with Gasteiger partial charge in [0, 0.05) is 13.0 Å². The van der Waals surface area contributed by atoms with Crippen LogP contribution in [0.1, 0.15) is 55.7 Å². The van der Waals surface area contributed by atoms with Gasteiger partial charge in [0.2, 0.25) is 5.91 Å². The normalized spacial score (nSPS) is 19.9. The highest BCUT2D eigenvalue weighted by Crippen LogP contribution is 2.40. The second-order valence-corrected chi connectivity index (χ2v) is 7.21. The van der Waals surface area contributed by atoms with Crippen LogP contribution >= 0.6 is 0 Å². The lowest BCUT2D eigenvalue weighted by molar-refractivity contribution is -0.141. The van der Waals surface area contributed by atoms with E-state index in [2.05, 4.69) is 0 Å². The fraction of sp³-hybridized carbons (Fsp3) is 0.600. The van der Waals surface area contributed by atoms with Gasteiger partial charge in [0.15, 0.2) is 11.5 Å². The van der Waals surface area contributed by atoms with Crippen LogP contribution in [0.15, 0.2) is 12.1 Å². The van der Waals surface area contributed by atoms with Crippen LogP contribution in [0.25, 0.3) is 0 Å². The molecule has 26 heavy (non-hydrogen) atoms. The minimum Gasteiger partial charge on any atom is -0.493 e. The zero-order chi connectivity index (χ0) is 18.7. The summed E-state index contributed by atoms with van der Waals surface area (Å²) in [6.45, 7) is 0.548. The van der Waals surface area contributed by atoms with Crippen LogP contribution in [-0.4, -0.2) is 42.6 Å². The standard InChI is InChI=1S/C20H27NO5/c1-25-17-10-14-7-8-21(19(22)9-13-5-3-4-6-13)16(12-20(23)24)15(14)11-18(17)26-2/h10-11,13,16H,3-9,12H2,1-2H3,(H,23,24)/t16-/m1/s1. The first kappa shape index (κ1) is 18.5. The van der Waals surface area contributed by atoms with Gasteiger partial charge < -0.3 is 19.5 Å². The number of benzene rings is 1. The minimum atomic E-state index is -0.906. The van der Waals surface area contributed by atoms with E-state index in [9.17, 15) is 14.7 Å². The van der Waals surface area contributed by atoms with E-state index >= 15 is 0 Å². The van der Waals surface area contributed by atoms with E-state index in [0.29, 0.717) is 36.8 Å². The van der Waals surface area contributed by atoms with Crippen molar-refractivity contribution in [3.05, 3.63) is 23.3 Å². The quantitative estimate of drug-likeness (QED) is 0.842. The number of nitrogens with zero attached hydrogens (tertiary/aromatic N) is 1. The Balaban J connectivity index is 1.90. The van der Waals surface area contributed by atoms with Crippen LogP contribution in [0.2, 0.25) is 0 Å². The highest BCUT2D eigenvalue weighted by molar-refractivity contribution is 5.79. The fourth-order valence-electron chi connectivity index (χ4n) is 4.29. The van der Waals surface area contributed by atoms with Gasteiger partial charge in [-0.1, -0.05) is 12.8 Å². The summed E-state index contributed by atoms with van der Waals surface area (Å²) in [5.74, 6) is 0.803. The fourth-order valence-corrected chi connectivity index (χ4v) is 4.29. The zero-order valence-corrected chi connectivity index (χ0v) is 15.5. The van der Waals surface area contributed by atoms with Crippen molar-refractivity contribution in [3.8, 4) is 11.5 Å². The molecule has 0 saturated heterocycles. The maximum Gasteiger partial charge on any atom is 0.305 e. The van der Waals surface area contributed by atoms with E-state index in [-0.39, 0.29) is 12.3 Å². The van der Waals surface area contributed by atoms with Crippen molar-refractivity contribution in [3.63, 3.8) is 0 Å². The highest BCUT2D eigenvalue weighted by atomic mass is 16.5. The van der Waals surface area contributed by atoms with E-state index < -0.39 is 12.0 Å². The second kappa shape index (κ2) is 7.98. The molecule has 6 nitrogen and oxygen atoms in total. The SMILES string of the molecule is COc1cc2c(cc1OC)[C@@H](CC(=O)O)N(C(=O)CC1CCCC1)CC2. The summed E-state index contributed by atoms with van der Waals surface area (Å²) in [6.07, 6.45) is 5.71. The molecule has 6 heteroatoms. The maximum atomic E-state index is 12.9. The molecule has 2 aliphatic rings. The van der Waals surface area contributed by atoms with E-state index in [1.54, 1.807) is 19.1 Å². The number of amides is 1. The lowest BCUT2D eigenvalue weighted by atomic mass is 9.89. The summed E-state index contributed by atoms with van der Waals surface area (Å²) in [7, 11) is 3.14. The van der Waals surface area contributed by atoms with Crippen LogP contribution < -0.4 is 9.47 Å². The third-order valence-corrected chi connectivity index (χ3v) is 5.63. The zero-order valence-electron chi connectivity index (χ0n) is 15.5. The van der Waals surface area contributed by atoms with Crippen molar-refractivity contribution < 1.29 is 24.2 Å². The van der Waals surface area contributed by atoms with Crippen LogP contribution in [0, 0.1) is 5.92 Å². The van der Waals surface area contributed by atoms with E-state index in [1.807, 2.05) is 12.1 Å². The number of fused-ring (bicyclic) bond motifs is 1. The number of methoxy groups -OCH3 is 2. The average molecular weight is 361 g/mol. The number of carbonyl (C=O) groups is 2. The molecule has 1 N–H and O–H groups in total. The lowest BCUT2D eigenvalue weighted by Crippen LogP contribution is -2.41. The Kier molecular flexibility index (Phi) is 5.69. The molecule has 1 aromatic carbocycles. The molecule has 0 aromatic heterocycles. The van der Waals surface area contributed by atoms with Gasteiger partial charge in [-0.15, -0.1) is 0 Å². The van der Waals surface area contributed by atoms with Gasteiger partial charge >= 0.3 is 5.97 Å². The van der Waals surface area contributed by atoms with Gasteiger partial charge in [-0.2, -0.15) is 0 Å². The van der Waals surface area contributed by atoms with E-state index in [4.69, 9.17) is 9.47 Å². The van der Waals surface area contributed by atoms with Crippen molar-refractivity contribution in [2.45, 2.75) is 51.0 Å². The van der Waals surface area contributed by atoms with Gasteiger partial charge in [-0.25, -0.2) is 0 Å². The van der Waals surface area contributed by atoms with E-state index in [0.717, 1.165) is 24.0 Å². The Hall–Kier alpha value is -2.24. The van der Waals surface area contributed by atoms with Gasteiger partial charge in [0.25, 0.3) is 0 Å². The molecule has 0 bridgehead atoms. The van der Waals surface area contributed by atoms with Crippen LogP contribution in [-0.2, 0) is 16.0 Å². The summed E-state index contributed by atoms with van der Waals surface area (Å²) >= 11 is 0. The number of hydrogen-bond donors (Lipinski definition) is 1. The summed E-state index contributed by atoms with van der Waals surface area (Å²) in [6, 6.07) is 3.28. The predicted octanol–water partition coefficient (Wildman–Crippen LogP) is 3.18. The molecule has 1 amide bonds. The van der Waals surface area contributed by atoms with Crippen LogP contribution in [0.4, 0.5) is 0 Å². The van der Waals surface area contributed by atoms with Crippen molar-refractivity contribution in [2.75, 3.05) is 20.8 Å². The van der Waals surface area contributed by atoms with Gasteiger partial charge in [0.05, 0.1) is 26.7 Å². The minimum absolute atomic E-state index is 0.0728. The Morgan fingerprint density at radius 2 is 1.77 bits per heavy atom. The van der Waals surface area contributed by atoms with Crippen LogP contribution in [0.3, 0.4) is 0 Å². The Morgan fingerprint density at radius 1 is 1.12 bits per heavy atom. The maximum absolute atomic E-state index is 12.9. The number of ether oxygens (including phenoxy) is 2. The summed E-state index contributed by atoms with van der Waals surface area (Å²) in [4.78, 5) is 26.1. The molecule has 1 aliphatic carbocycles. The number of carbonyl (C=O) groups excluding carboxylic acids is 1. The topological polar surface area (TPSA) is 76.1 Å². The Morgan fingerprint density at radius 3 is 2.38 bits per heavy atom. The summed E-state index contributed by atoms with van der Waals surface area (Å²) in [5.41, 5.74) is 1.88. The molecule has 1 heterocycles. The summed E-state index contributed by atoms with van der Waals surface area (Å²) in [5, 5.41) is 9.41. The molecule has 0 spiro atoms. The van der Waals surface area contributed by atoms with Gasteiger partial charge in [0.1, 0.15) is 0 Å². The molecule has 1 atom stereocenters. The van der Waals surface area contributed by atoms with Crippen LogP contribution in [0.5, 0.6) is 11.5 Å². The Labute approximate surface area is 154 Å². The monoisotopic (exact) mass is 361 g/mol. The number of carboxylic acid groups (broad SMARTS) is 1. The van der Waals surface area contributed by atoms with Crippen molar-refractivity contribution in [1.82, 2.24) is 4.90 Å².